The predicted molar refractivity (Wildman–Crippen MR) is 87.8 cm³/mol. The van der Waals surface area contributed by atoms with Crippen LogP contribution >= 0.6 is 15.9 Å². The van der Waals surface area contributed by atoms with Gasteiger partial charge in [0.05, 0.1) is 5.56 Å². The summed E-state index contributed by atoms with van der Waals surface area (Å²) in [6.07, 6.45) is 1.55. The summed E-state index contributed by atoms with van der Waals surface area (Å²) in [5, 5.41) is 0. The van der Waals surface area contributed by atoms with Crippen molar-refractivity contribution in [3.05, 3.63) is 69.8 Å². The Morgan fingerprint density at radius 1 is 1.12 bits per heavy atom. The molecule has 0 fully saturated rings. The molecule has 0 saturated carbocycles. The Bertz CT molecular complexity index is 849. The highest BCUT2D eigenvalue weighted by atomic mass is 79.9. The van der Waals surface area contributed by atoms with E-state index in [4.69, 9.17) is 4.74 Å². The minimum Gasteiger partial charge on any atom is -0.434 e. The topological polar surface area (TPSA) is 47.9 Å². The number of nitrogens with zero attached hydrogens (tertiary/aromatic N) is 1. The third kappa shape index (κ3) is 3.51. The first-order valence-electron chi connectivity index (χ1n) is 6.86. The second-order valence-corrected chi connectivity index (χ2v) is 5.59. The maximum atomic E-state index is 12.5. The Hall–Kier alpha value is -2.54. The third-order valence-corrected chi connectivity index (χ3v) is 3.87. The molecule has 1 aliphatic rings. The van der Waals surface area contributed by atoms with E-state index < -0.39 is 12.6 Å². The number of para-hydroxylation sites is 1. The molecule has 0 atom stereocenters. The van der Waals surface area contributed by atoms with Crippen molar-refractivity contribution in [2.24, 2.45) is 4.99 Å². The number of cyclic esters (lactones) is 1. The number of carbonyl (C=O) groups is 1. The summed E-state index contributed by atoms with van der Waals surface area (Å²) in [5.41, 5.74) is 0.997. The van der Waals surface area contributed by atoms with E-state index in [0.29, 0.717) is 0 Å². The van der Waals surface area contributed by atoms with Crippen molar-refractivity contribution in [3.63, 3.8) is 0 Å². The van der Waals surface area contributed by atoms with Crippen LogP contribution in [-0.2, 0) is 9.53 Å². The zero-order valence-corrected chi connectivity index (χ0v) is 13.7. The number of hydrogen-bond donors (Lipinski definition) is 0. The van der Waals surface area contributed by atoms with Crippen LogP contribution in [0.3, 0.4) is 0 Å². The number of esters is 1. The minimum atomic E-state index is -2.99. The highest BCUT2D eigenvalue weighted by molar-refractivity contribution is 9.10. The highest BCUT2D eigenvalue weighted by Gasteiger charge is 2.27. The Morgan fingerprint density at radius 2 is 1.83 bits per heavy atom. The average molecular weight is 394 g/mol. The minimum absolute atomic E-state index is 0.0729. The lowest BCUT2D eigenvalue weighted by molar-refractivity contribution is -0.129. The fraction of sp³-hybridized carbons (Fsp3) is 0.0588. The molecule has 0 bridgehead atoms. The van der Waals surface area contributed by atoms with Crippen molar-refractivity contribution in [2.75, 3.05) is 0 Å². The van der Waals surface area contributed by atoms with E-state index in [1.54, 1.807) is 18.2 Å². The van der Waals surface area contributed by atoms with Crippen molar-refractivity contribution in [3.8, 4) is 5.75 Å². The third-order valence-electron chi connectivity index (χ3n) is 3.15. The first kappa shape index (κ1) is 16.3. The van der Waals surface area contributed by atoms with Crippen LogP contribution in [0.4, 0.5) is 8.78 Å². The number of ether oxygens (including phenoxy) is 2. The van der Waals surface area contributed by atoms with Gasteiger partial charge in [0, 0.05) is 4.47 Å². The quantitative estimate of drug-likeness (QED) is 0.571. The van der Waals surface area contributed by atoms with Crippen molar-refractivity contribution in [1.29, 1.82) is 0 Å². The molecule has 0 saturated heterocycles. The van der Waals surface area contributed by atoms with Crippen molar-refractivity contribution < 1.29 is 23.0 Å². The smallest absolute Gasteiger partial charge is 0.387 e. The number of carbonyl (C=O) groups excluding carboxylic acids is 1. The first-order chi connectivity index (χ1) is 11.5. The van der Waals surface area contributed by atoms with Gasteiger partial charge in [-0.3, -0.25) is 0 Å². The van der Waals surface area contributed by atoms with Crippen molar-refractivity contribution in [1.82, 2.24) is 0 Å². The lowest BCUT2D eigenvalue weighted by Gasteiger charge is -2.08. The number of hydrogen-bond acceptors (Lipinski definition) is 4. The molecule has 0 N–H and O–H groups in total. The second kappa shape index (κ2) is 6.92. The number of halogens is 3. The second-order valence-electron chi connectivity index (χ2n) is 4.73. The summed E-state index contributed by atoms with van der Waals surface area (Å²) in [5.74, 6) is -0.844. The molecule has 1 aliphatic heterocycles. The molecule has 3 rings (SSSR count). The van der Waals surface area contributed by atoms with Gasteiger partial charge in [0.1, 0.15) is 5.75 Å². The molecule has 2 aromatic rings. The van der Waals surface area contributed by atoms with E-state index in [9.17, 15) is 13.6 Å². The zero-order valence-electron chi connectivity index (χ0n) is 12.1. The predicted octanol–water partition coefficient (Wildman–Crippen LogP) is 4.40. The summed E-state index contributed by atoms with van der Waals surface area (Å²) < 4.78 is 35.3. The van der Waals surface area contributed by atoms with Gasteiger partial charge in [0.15, 0.2) is 5.70 Å². The number of rotatable bonds is 4. The molecule has 0 aliphatic carbocycles. The lowest BCUT2D eigenvalue weighted by Crippen LogP contribution is -2.10. The van der Waals surface area contributed by atoms with Gasteiger partial charge in [-0.2, -0.15) is 8.78 Å². The van der Waals surface area contributed by atoms with Crippen molar-refractivity contribution >= 4 is 33.9 Å². The maximum absolute atomic E-state index is 12.5. The van der Waals surface area contributed by atoms with E-state index in [2.05, 4.69) is 25.7 Å². The standard InChI is InChI=1S/C17H10BrF2NO3/c18-12-7-3-1-5-10(12)9-13-16(22)24-15(21-13)11-6-2-4-8-14(11)23-17(19)20/h1-9,17H/b13-9-. The molecule has 2 aromatic carbocycles. The summed E-state index contributed by atoms with van der Waals surface area (Å²) >= 11 is 3.37. The van der Waals surface area contributed by atoms with E-state index >= 15 is 0 Å². The fourth-order valence-electron chi connectivity index (χ4n) is 2.11. The monoisotopic (exact) mass is 393 g/mol. The summed E-state index contributed by atoms with van der Waals surface area (Å²) in [6.45, 7) is -2.99. The average Bonchev–Trinajstić information content (AvgIpc) is 2.90. The molecule has 0 aromatic heterocycles. The molecule has 0 radical (unpaired) electrons. The largest absolute Gasteiger partial charge is 0.434 e. The molecular formula is C17H10BrF2NO3. The van der Waals surface area contributed by atoms with Crippen LogP contribution in [0.15, 0.2) is 63.7 Å². The first-order valence-corrected chi connectivity index (χ1v) is 7.65. The molecular weight excluding hydrogens is 384 g/mol. The molecule has 1 heterocycles. The molecule has 7 heteroatoms. The van der Waals surface area contributed by atoms with Crippen LogP contribution in [0.5, 0.6) is 5.75 Å². The summed E-state index contributed by atoms with van der Waals surface area (Å²) in [6, 6.07) is 13.3. The van der Waals surface area contributed by atoms with Crippen LogP contribution in [-0.4, -0.2) is 18.5 Å². The van der Waals surface area contributed by atoms with Gasteiger partial charge >= 0.3 is 12.6 Å². The van der Waals surface area contributed by atoms with Gasteiger partial charge in [0.2, 0.25) is 5.90 Å². The number of aliphatic imine (C=N–C) groups is 1. The Balaban J connectivity index is 1.97. The van der Waals surface area contributed by atoms with E-state index in [1.807, 2.05) is 18.2 Å². The van der Waals surface area contributed by atoms with E-state index in [-0.39, 0.29) is 22.9 Å². The van der Waals surface area contributed by atoms with Crippen LogP contribution in [0.1, 0.15) is 11.1 Å². The SMILES string of the molecule is O=C1OC(c2ccccc2OC(F)F)=N/C1=C\c1ccccc1Br. The zero-order chi connectivity index (χ0) is 17.1. The van der Waals surface area contributed by atoms with Gasteiger partial charge in [-0.15, -0.1) is 0 Å². The molecule has 4 nitrogen and oxygen atoms in total. The van der Waals surface area contributed by atoms with E-state index in [0.717, 1.165) is 10.0 Å². The van der Waals surface area contributed by atoms with Crippen LogP contribution in [0, 0.1) is 0 Å². The number of benzene rings is 2. The Kier molecular flexibility index (Phi) is 4.71. The summed E-state index contributed by atoms with van der Waals surface area (Å²) in [4.78, 5) is 16.1. The molecule has 122 valence electrons. The Labute approximate surface area is 144 Å². The molecule has 0 unspecified atom stereocenters. The van der Waals surface area contributed by atoms with Gasteiger partial charge in [-0.1, -0.05) is 46.3 Å². The van der Waals surface area contributed by atoms with Crippen LogP contribution < -0.4 is 4.74 Å². The lowest BCUT2D eigenvalue weighted by atomic mass is 10.2. The fourth-order valence-corrected chi connectivity index (χ4v) is 2.51. The molecule has 0 amide bonds. The van der Waals surface area contributed by atoms with Gasteiger partial charge < -0.3 is 9.47 Å². The molecule has 0 spiro atoms. The maximum Gasteiger partial charge on any atom is 0.387 e. The molecule has 24 heavy (non-hydrogen) atoms. The van der Waals surface area contributed by atoms with Gasteiger partial charge in [0.25, 0.3) is 0 Å². The van der Waals surface area contributed by atoms with Crippen molar-refractivity contribution in [2.45, 2.75) is 6.61 Å². The van der Waals surface area contributed by atoms with Gasteiger partial charge in [-0.25, -0.2) is 9.79 Å². The van der Waals surface area contributed by atoms with E-state index in [1.165, 1.54) is 18.2 Å². The highest BCUT2D eigenvalue weighted by Crippen LogP contribution is 2.27. The van der Waals surface area contributed by atoms with Crippen LogP contribution in [0.25, 0.3) is 6.08 Å². The van der Waals surface area contributed by atoms with Crippen LogP contribution in [0.2, 0.25) is 0 Å². The summed E-state index contributed by atoms with van der Waals surface area (Å²) in [7, 11) is 0. The number of alkyl halides is 2. The normalized spacial score (nSPS) is 15.6. The Morgan fingerprint density at radius 3 is 2.58 bits per heavy atom. The van der Waals surface area contributed by atoms with Gasteiger partial charge in [-0.05, 0) is 29.8 Å².